The zero-order valence-electron chi connectivity index (χ0n) is 12.4. The van der Waals surface area contributed by atoms with Gasteiger partial charge in [-0.05, 0) is 36.4 Å². The van der Waals surface area contributed by atoms with Crippen LogP contribution in [-0.4, -0.2) is 33.3 Å². The minimum Gasteiger partial charge on any atom is -0.485 e. The monoisotopic (exact) mass is 333 g/mol. The summed E-state index contributed by atoms with van der Waals surface area (Å²) in [6.07, 6.45) is 0.366. The molecule has 6 nitrogen and oxygen atoms in total. The lowest BCUT2D eigenvalue weighted by Crippen LogP contribution is -2.40. The average Bonchev–Trinajstić information content (AvgIpc) is 2.54. The van der Waals surface area contributed by atoms with Gasteiger partial charge in [0.1, 0.15) is 6.61 Å². The molecule has 1 aliphatic rings. The van der Waals surface area contributed by atoms with Crippen LogP contribution in [0.25, 0.3) is 0 Å². The van der Waals surface area contributed by atoms with E-state index in [1.54, 1.807) is 18.2 Å². The van der Waals surface area contributed by atoms with Gasteiger partial charge in [0.05, 0.1) is 4.90 Å². The van der Waals surface area contributed by atoms with Crippen LogP contribution in [0.15, 0.2) is 53.4 Å². The maximum absolute atomic E-state index is 12.2. The Morgan fingerprint density at radius 1 is 1.09 bits per heavy atom. The molecule has 120 valence electrons. The summed E-state index contributed by atoms with van der Waals surface area (Å²) in [5, 5.41) is 2.68. The van der Waals surface area contributed by atoms with E-state index in [9.17, 15) is 13.2 Å². The molecule has 0 aliphatic carbocycles. The second kappa shape index (κ2) is 5.92. The predicted molar refractivity (Wildman–Crippen MR) is 84.5 cm³/mol. The number of hydrogen-bond donors (Lipinski definition) is 1. The quantitative estimate of drug-likeness (QED) is 0.927. The van der Waals surface area contributed by atoms with Crippen molar-refractivity contribution in [1.29, 1.82) is 0 Å². The van der Waals surface area contributed by atoms with Gasteiger partial charge in [-0.3, -0.25) is 4.79 Å². The van der Waals surface area contributed by atoms with Gasteiger partial charge in [0.15, 0.2) is 21.3 Å². The standard InChI is InChI=1S/C16H15NO5S/c1-23(19,20)12-8-6-11(7-9-12)17-16(18)15-10-21-13-4-2-3-5-14(13)22-15/h2-9,15H,10H2,1H3,(H,17,18). The molecule has 1 aliphatic heterocycles. The highest BCUT2D eigenvalue weighted by Gasteiger charge is 2.27. The number of ether oxygens (including phenoxy) is 2. The van der Waals surface area contributed by atoms with Crippen LogP contribution >= 0.6 is 0 Å². The molecule has 1 unspecified atom stereocenters. The highest BCUT2D eigenvalue weighted by molar-refractivity contribution is 7.90. The first-order valence-corrected chi connectivity index (χ1v) is 8.82. The van der Waals surface area contributed by atoms with Crippen LogP contribution in [0.2, 0.25) is 0 Å². The van der Waals surface area contributed by atoms with Crippen molar-refractivity contribution < 1.29 is 22.7 Å². The number of sulfone groups is 1. The Balaban J connectivity index is 1.68. The molecular weight excluding hydrogens is 318 g/mol. The normalized spacial score (nSPS) is 16.7. The molecule has 7 heteroatoms. The minimum atomic E-state index is -3.26. The summed E-state index contributed by atoms with van der Waals surface area (Å²) in [5.74, 6) is 0.770. The summed E-state index contributed by atoms with van der Waals surface area (Å²) in [5.41, 5.74) is 0.491. The summed E-state index contributed by atoms with van der Waals surface area (Å²) in [4.78, 5) is 12.4. The zero-order valence-corrected chi connectivity index (χ0v) is 13.2. The van der Waals surface area contributed by atoms with Crippen molar-refractivity contribution in [2.45, 2.75) is 11.0 Å². The fourth-order valence-electron chi connectivity index (χ4n) is 2.16. The third-order valence-corrected chi connectivity index (χ3v) is 4.48. The molecule has 2 aromatic rings. The molecule has 2 aromatic carbocycles. The lowest BCUT2D eigenvalue weighted by atomic mass is 10.2. The van der Waals surface area contributed by atoms with E-state index in [2.05, 4.69) is 5.32 Å². The van der Waals surface area contributed by atoms with Gasteiger partial charge >= 0.3 is 0 Å². The van der Waals surface area contributed by atoms with E-state index in [1.165, 1.54) is 24.3 Å². The van der Waals surface area contributed by atoms with Crippen molar-refractivity contribution in [3.63, 3.8) is 0 Å². The molecule has 3 rings (SSSR count). The molecule has 1 heterocycles. The summed E-state index contributed by atoms with van der Waals surface area (Å²) in [6.45, 7) is 0.115. The van der Waals surface area contributed by atoms with Gasteiger partial charge in [-0.2, -0.15) is 0 Å². The third-order valence-electron chi connectivity index (χ3n) is 3.35. The Labute approximate surface area is 134 Å². The molecule has 0 saturated heterocycles. The fraction of sp³-hybridized carbons (Fsp3) is 0.188. The number of fused-ring (bicyclic) bond motifs is 1. The van der Waals surface area contributed by atoms with Gasteiger partial charge in [-0.1, -0.05) is 12.1 Å². The Kier molecular flexibility index (Phi) is 3.96. The van der Waals surface area contributed by atoms with E-state index in [1.807, 2.05) is 6.07 Å². The zero-order chi connectivity index (χ0) is 16.4. The van der Waals surface area contributed by atoms with Crippen molar-refractivity contribution in [3.05, 3.63) is 48.5 Å². The first-order chi connectivity index (χ1) is 10.9. The van der Waals surface area contributed by atoms with Gasteiger partial charge in [0, 0.05) is 11.9 Å². The SMILES string of the molecule is CS(=O)(=O)c1ccc(NC(=O)C2COc3ccccc3O2)cc1. The number of amides is 1. The first-order valence-electron chi connectivity index (χ1n) is 6.93. The molecule has 0 fully saturated rings. The van der Waals surface area contributed by atoms with Crippen molar-refractivity contribution in [2.24, 2.45) is 0 Å². The fourth-order valence-corrected chi connectivity index (χ4v) is 2.79. The Bertz CT molecular complexity index is 830. The molecule has 1 N–H and O–H groups in total. The maximum Gasteiger partial charge on any atom is 0.269 e. The minimum absolute atomic E-state index is 0.115. The van der Waals surface area contributed by atoms with Crippen LogP contribution in [0.4, 0.5) is 5.69 Å². The van der Waals surface area contributed by atoms with Crippen molar-refractivity contribution in [2.75, 3.05) is 18.2 Å². The smallest absolute Gasteiger partial charge is 0.269 e. The number of para-hydroxylation sites is 2. The van der Waals surface area contributed by atoms with Crippen LogP contribution in [0, 0.1) is 0 Å². The molecule has 23 heavy (non-hydrogen) atoms. The maximum atomic E-state index is 12.2. The lowest BCUT2D eigenvalue weighted by Gasteiger charge is -2.25. The summed E-state index contributed by atoms with van der Waals surface area (Å²) >= 11 is 0. The molecular formula is C16H15NO5S. The topological polar surface area (TPSA) is 81.7 Å². The van der Waals surface area contributed by atoms with Crippen LogP contribution in [0.5, 0.6) is 11.5 Å². The van der Waals surface area contributed by atoms with E-state index >= 15 is 0 Å². The van der Waals surface area contributed by atoms with E-state index < -0.39 is 15.9 Å². The lowest BCUT2D eigenvalue weighted by molar-refractivity contribution is -0.125. The third kappa shape index (κ3) is 3.45. The van der Waals surface area contributed by atoms with E-state index in [0.29, 0.717) is 17.2 Å². The Morgan fingerprint density at radius 3 is 2.39 bits per heavy atom. The highest BCUT2D eigenvalue weighted by Crippen LogP contribution is 2.31. The van der Waals surface area contributed by atoms with Gasteiger partial charge < -0.3 is 14.8 Å². The largest absolute Gasteiger partial charge is 0.485 e. The van der Waals surface area contributed by atoms with E-state index in [4.69, 9.17) is 9.47 Å². The van der Waals surface area contributed by atoms with Crippen molar-refractivity contribution in [3.8, 4) is 11.5 Å². The molecule has 0 radical (unpaired) electrons. The molecule has 0 saturated carbocycles. The summed E-state index contributed by atoms with van der Waals surface area (Å²) in [6, 6.07) is 13.1. The summed E-state index contributed by atoms with van der Waals surface area (Å²) in [7, 11) is -3.26. The Morgan fingerprint density at radius 2 is 1.74 bits per heavy atom. The number of rotatable bonds is 3. The molecule has 0 bridgehead atoms. The van der Waals surface area contributed by atoms with Crippen LogP contribution in [0.1, 0.15) is 0 Å². The second-order valence-corrected chi connectivity index (χ2v) is 7.17. The molecule has 0 spiro atoms. The van der Waals surface area contributed by atoms with Crippen molar-refractivity contribution in [1.82, 2.24) is 0 Å². The summed E-state index contributed by atoms with van der Waals surface area (Å²) < 4.78 is 33.9. The molecule has 1 atom stereocenters. The van der Waals surface area contributed by atoms with Crippen LogP contribution < -0.4 is 14.8 Å². The average molecular weight is 333 g/mol. The van der Waals surface area contributed by atoms with Crippen LogP contribution in [-0.2, 0) is 14.6 Å². The van der Waals surface area contributed by atoms with E-state index in [0.717, 1.165) is 6.26 Å². The number of carbonyl (C=O) groups is 1. The van der Waals surface area contributed by atoms with Gasteiger partial charge in [0.2, 0.25) is 6.10 Å². The second-order valence-electron chi connectivity index (χ2n) is 5.15. The van der Waals surface area contributed by atoms with E-state index in [-0.39, 0.29) is 17.4 Å². The number of nitrogens with one attached hydrogen (secondary N) is 1. The molecule has 1 amide bonds. The number of carbonyl (C=O) groups excluding carboxylic acids is 1. The highest BCUT2D eigenvalue weighted by atomic mass is 32.2. The Hall–Kier alpha value is -2.54. The van der Waals surface area contributed by atoms with Gasteiger partial charge in [0.25, 0.3) is 5.91 Å². The number of anilines is 1. The van der Waals surface area contributed by atoms with Gasteiger partial charge in [-0.25, -0.2) is 8.42 Å². The first kappa shape index (κ1) is 15.4. The predicted octanol–water partition coefficient (Wildman–Crippen LogP) is 1.87. The number of benzene rings is 2. The molecule has 0 aromatic heterocycles. The van der Waals surface area contributed by atoms with Gasteiger partial charge in [-0.15, -0.1) is 0 Å². The number of hydrogen-bond acceptors (Lipinski definition) is 5. The van der Waals surface area contributed by atoms with Crippen LogP contribution in [0.3, 0.4) is 0 Å². The van der Waals surface area contributed by atoms with Crippen molar-refractivity contribution >= 4 is 21.4 Å².